The molecule has 0 saturated carbocycles. The van der Waals surface area contributed by atoms with Crippen LogP contribution in [0.5, 0.6) is 0 Å². The summed E-state index contributed by atoms with van der Waals surface area (Å²) in [6, 6.07) is 55.1. The van der Waals surface area contributed by atoms with Gasteiger partial charge >= 0.3 is 0 Å². The number of allylic oxidation sites excluding steroid dienone is 4. The van der Waals surface area contributed by atoms with E-state index < -0.39 is 0 Å². The highest BCUT2D eigenvalue weighted by atomic mass is 14.9. The summed E-state index contributed by atoms with van der Waals surface area (Å²) >= 11 is 0. The van der Waals surface area contributed by atoms with Crippen LogP contribution in [-0.2, 0) is 0 Å². The standard InChI is InChI=1S/C54H40N4/c1-33-23-25-39(30-44(33)45-29-36(32-55)24-28-47(45)56-41-19-11-6-12-20-41)40-26-27-43-48(31-40)58-54(38-17-9-5-10-18-38)52-34(2)49-42-21-13-14-22-46(42)57-53(37-15-7-4-8-16-37)51(49)35(3)50(43)52/h4-29,31,44,56H,30H2,1-3H3. The van der Waals surface area contributed by atoms with Crippen molar-refractivity contribution in [2.75, 3.05) is 5.32 Å². The Morgan fingerprint density at radius 2 is 1.14 bits per heavy atom. The first-order valence-electron chi connectivity index (χ1n) is 19.9. The van der Waals surface area contributed by atoms with Crippen LogP contribution in [0, 0.1) is 25.2 Å². The Morgan fingerprint density at radius 1 is 0.552 bits per heavy atom. The van der Waals surface area contributed by atoms with E-state index in [0.717, 1.165) is 73.2 Å². The van der Waals surface area contributed by atoms with E-state index in [9.17, 15) is 5.26 Å². The van der Waals surface area contributed by atoms with Crippen LogP contribution in [0.15, 0.2) is 169 Å². The molecule has 1 N–H and O–H groups in total. The number of nitrogens with zero attached hydrogens (tertiary/aromatic N) is 3. The third-order valence-electron chi connectivity index (χ3n) is 12.0. The fraction of sp³-hybridized carbons (Fsp3) is 0.0926. The van der Waals surface area contributed by atoms with Crippen molar-refractivity contribution in [1.29, 1.82) is 5.26 Å². The predicted octanol–water partition coefficient (Wildman–Crippen LogP) is 14.2. The third kappa shape index (κ3) is 5.92. The summed E-state index contributed by atoms with van der Waals surface area (Å²) in [5.41, 5.74) is 16.0. The van der Waals surface area contributed by atoms with E-state index >= 15 is 0 Å². The first-order valence-corrected chi connectivity index (χ1v) is 19.9. The zero-order valence-corrected chi connectivity index (χ0v) is 32.7. The van der Waals surface area contributed by atoms with Crippen LogP contribution in [0.4, 0.5) is 11.4 Å². The SMILES string of the molecule is CC1=CC=C(c2ccc3c(c2)nc(-c2ccccc2)c2c(C)c4c(c(-c5ccccc5)nc5ccccc54)c(C)c23)CC1c1cc(C#N)ccc1Nc1ccccc1. The van der Waals surface area contributed by atoms with Gasteiger partial charge in [-0.05, 0) is 108 Å². The molecule has 10 rings (SSSR count). The maximum absolute atomic E-state index is 9.93. The Balaban J connectivity index is 1.18. The molecule has 9 aromatic rings. The van der Waals surface area contributed by atoms with Crippen molar-refractivity contribution < 1.29 is 0 Å². The molecule has 1 unspecified atom stereocenters. The summed E-state index contributed by atoms with van der Waals surface area (Å²) in [7, 11) is 0. The lowest BCUT2D eigenvalue weighted by molar-refractivity contribution is 0.811. The van der Waals surface area contributed by atoms with Crippen LogP contribution in [-0.4, -0.2) is 9.97 Å². The first-order chi connectivity index (χ1) is 28.5. The molecule has 2 aromatic heterocycles. The lowest BCUT2D eigenvalue weighted by Gasteiger charge is -2.27. The minimum absolute atomic E-state index is 0.0923. The molecular formula is C54H40N4. The monoisotopic (exact) mass is 744 g/mol. The lowest BCUT2D eigenvalue weighted by atomic mass is 9.79. The quantitative estimate of drug-likeness (QED) is 0.136. The van der Waals surface area contributed by atoms with Gasteiger partial charge in [0.25, 0.3) is 0 Å². The van der Waals surface area contributed by atoms with Crippen LogP contribution in [0.3, 0.4) is 0 Å². The van der Waals surface area contributed by atoms with Gasteiger partial charge in [0, 0.05) is 50.0 Å². The normalized spacial score (nSPS) is 14.1. The number of hydrogen-bond acceptors (Lipinski definition) is 4. The molecule has 4 nitrogen and oxygen atoms in total. The number of nitrogens with one attached hydrogen (secondary N) is 1. The van der Waals surface area contributed by atoms with E-state index in [2.05, 4.69) is 160 Å². The maximum Gasteiger partial charge on any atom is 0.0991 e. The van der Waals surface area contributed by atoms with Gasteiger partial charge in [-0.1, -0.05) is 127 Å². The molecule has 0 aliphatic heterocycles. The predicted molar refractivity (Wildman–Crippen MR) is 242 cm³/mol. The maximum atomic E-state index is 9.93. The molecule has 0 amide bonds. The van der Waals surface area contributed by atoms with Crippen molar-refractivity contribution in [3.8, 4) is 28.6 Å². The number of anilines is 2. The topological polar surface area (TPSA) is 61.6 Å². The summed E-state index contributed by atoms with van der Waals surface area (Å²) < 4.78 is 0. The summed E-state index contributed by atoms with van der Waals surface area (Å²) in [5, 5.41) is 20.6. The Labute approximate surface area is 338 Å². The van der Waals surface area contributed by atoms with E-state index in [1.165, 1.54) is 43.8 Å². The molecule has 4 heteroatoms. The molecule has 0 spiro atoms. The molecule has 58 heavy (non-hydrogen) atoms. The number of hydrogen-bond donors (Lipinski definition) is 1. The molecule has 0 bridgehead atoms. The van der Waals surface area contributed by atoms with Gasteiger partial charge in [-0.25, -0.2) is 9.97 Å². The van der Waals surface area contributed by atoms with Crippen LogP contribution in [0.25, 0.3) is 71.4 Å². The largest absolute Gasteiger partial charge is 0.355 e. The molecule has 7 aromatic carbocycles. The molecular weight excluding hydrogens is 705 g/mol. The number of aromatic nitrogens is 2. The van der Waals surface area contributed by atoms with E-state index in [1.807, 2.05) is 36.4 Å². The smallest absolute Gasteiger partial charge is 0.0991 e. The van der Waals surface area contributed by atoms with Crippen molar-refractivity contribution in [2.24, 2.45) is 0 Å². The number of nitriles is 1. The molecule has 1 aliphatic carbocycles. The Bertz CT molecular complexity index is 3190. The van der Waals surface area contributed by atoms with Gasteiger partial charge in [0.1, 0.15) is 0 Å². The highest BCUT2D eigenvalue weighted by Gasteiger charge is 2.25. The highest BCUT2D eigenvalue weighted by Crippen LogP contribution is 2.47. The summed E-state index contributed by atoms with van der Waals surface area (Å²) in [5.74, 6) is 0.0923. The van der Waals surface area contributed by atoms with Gasteiger partial charge in [-0.3, -0.25) is 0 Å². The second-order valence-corrected chi connectivity index (χ2v) is 15.4. The molecule has 2 heterocycles. The Kier molecular flexibility index (Phi) is 8.65. The van der Waals surface area contributed by atoms with Crippen molar-refractivity contribution in [3.05, 3.63) is 197 Å². The van der Waals surface area contributed by atoms with Gasteiger partial charge in [-0.15, -0.1) is 0 Å². The van der Waals surface area contributed by atoms with E-state index in [4.69, 9.17) is 9.97 Å². The van der Waals surface area contributed by atoms with Crippen LogP contribution in [0.2, 0.25) is 0 Å². The fourth-order valence-electron chi connectivity index (χ4n) is 9.12. The van der Waals surface area contributed by atoms with Crippen molar-refractivity contribution in [3.63, 3.8) is 0 Å². The summed E-state index contributed by atoms with van der Waals surface area (Å²) in [6.45, 7) is 6.73. The fourth-order valence-corrected chi connectivity index (χ4v) is 9.12. The molecule has 0 fully saturated rings. The minimum Gasteiger partial charge on any atom is -0.355 e. The van der Waals surface area contributed by atoms with Crippen LogP contribution in [0.1, 0.15) is 47.1 Å². The van der Waals surface area contributed by atoms with Crippen LogP contribution >= 0.6 is 0 Å². The van der Waals surface area contributed by atoms with E-state index in [1.54, 1.807) is 0 Å². The van der Waals surface area contributed by atoms with Crippen molar-refractivity contribution >= 4 is 60.3 Å². The Morgan fingerprint density at radius 3 is 1.79 bits per heavy atom. The van der Waals surface area contributed by atoms with Gasteiger partial charge in [0.15, 0.2) is 0 Å². The van der Waals surface area contributed by atoms with Gasteiger partial charge < -0.3 is 5.32 Å². The summed E-state index contributed by atoms with van der Waals surface area (Å²) in [6.07, 6.45) is 5.30. The molecule has 0 radical (unpaired) electrons. The second-order valence-electron chi connectivity index (χ2n) is 15.4. The number of aryl methyl sites for hydroxylation is 2. The van der Waals surface area contributed by atoms with Gasteiger partial charge in [0.05, 0.1) is 34.1 Å². The van der Waals surface area contributed by atoms with Crippen molar-refractivity contribution in [2.45, 2.75) is 33.1 Å². The van der Waals surface area contributed by atoms with Gasteiger partial charge in [-0.2, -0.15) is 5.26 Å². The zero-order chi connectivity index (χ0) is 39.3. The first kappa shape index (κ1) is 35.1. The minimum atomic E-state index is 0.0923. The van der Waals surface area contributed by atoms with Crippen molar-refractivity contribution in [1.82, 2.24) is 9.97 Å². The van der Waals surface area contributed by atoms with Crippen LogP contribution < -0.4 is 5.32 Å². The molecule has 276 valence electrons. The van der Waals surface area contributed by atoms with Gasteiger partial charge in [0.2, 0.25) is 0 Å². The number of para-hydroxylation sites is 2. The number of rotatable bonds is 6. The molecule has 1 atom stereocenters. The van der Waals surface area contributed by atoms with E-state index in [0.29, 0.717) is 5.56 Å². The number of pyridine rings is 2. The Hall–Kier alpha value is -7.35. The lowest BCUT2D eigenvalue weighted by Crippen LogP contribution is -2.09. The molecule has 0 saturated heterocycles. The number of fused-ring (bicyclic) bond motifs is 6. The zero-order valence-electron chi connectivity index (χ0n) is 32.7. The summed E-state index contributed by atoms with van der Waals surface area (Å²) in [4.78, 5) is 10.9. The average molecular weight is 745 g/mol. The van der Waals surface area contributed by atoms with E-state index in [-0.39, 0.29) is 5.92 Å². The number of benzene rings is 7. The third-order valence-corrected chi connectivity index (χ3v) is 12.0. The highest BCUT2D eigenvalue weighted by molar-refractivity contribution is 6.25. The molecule has 1 aliphatic rings. The average Bonchev–Trinajstić information content (AvgIpc) is 3.28. The second kappa shape index (κ2) is 14.3.